The Hall–Kier alpha value is -0.900. The van der Waals surface area contributed by atoms with E-state index in [0.29, 0.717) is 17.5 Å². The summed E-state index contributed by atoms with van der Waals surface area (Å²) in [6.07, 6.45) is 4.02. The fourth-order valence-electron chi connectivity index (χ4n) is 1.68. The minimum Gasteiger partial charge on any atom is -0.354 e. The first-order chi connectivity index (χ1) is 6.81. The maximum atomic E-state index is 12.4. The molecule has 0 unspecified atom stereocenters. The monoisotopic (exact) mass is 215 g/mol. The van der Waals surface area contributed by atoms with Gasteiger partial charge in [0.25, 0.3) is 0 Å². The lowest BCUT2D eigenvalue weighted by molar-refractivity contribution is 0.384. The van der Waals surface area contributed by atoms with Crippen molar-refractivity contribution in [3.63, 3.8) is 0 Å². The van der Waals surface area contributed by atoms with E-state index in [0.717, 1.165) is 13.0 Å². The number of alkyl halides is 1. The van der Waals surface area contributed by atoms with Crippen molar-refractivity contribution < 1.29 is 4.39 Å². The third-order valence-corrected chi connectivity index (χ3v) is 2.71. The van der Waals surface area contributed by atoms with Crippen LogP contribution in [0.25, 0.3) is 0 Å². The SMILES string of the molecule is FC[C@@H]1CCN(c2nccnc2Cl)C1. The lowest BCUT2D eigenvalue weighted by Gasteiger charge is -2.17. The minimum absolute atomic E-state index is 0.119. The van der Waals surface area contributed by atoms with Crippen molar-refractivity contribution in [1.29, 1.82) is 0 Å². The molecule has 0 N–H and O–H groups in total. The summed E-state index contributed by atoms with van der Waals surface area (Å²) in [4.78, 5) is 10.1. The van der Waals surface area contributed by atoms with Crippen LogP contribution in [0.15, 0.2) is 12.4 Å². The van der Waals surface area contributed by atoms with Gasteiger partial charge in [0, 0.05) is 31.4 Å². The summed E-state index contributed by atoms with van der Waals surface area (Å²) in [5, 5.41) is 0.395. The van der Waals surface area contributed by atoms with Crippen LogP contribution in [-0.2, 0) is 0 Å². The van der Waals surface area contributed by atoms with Crippen molar-refractivity contribution in [2.24, 2.45) is 5.92 Å². The Kier molecular flexibility index (Phi) is 2.82. The largest absolute Gasteiger partial charge is 0.354 e. The van der Waals surface area contributed by atoms with Crippen LogP contribution in [0.4, 0.5) is 10.2 Å². The van der Waals surface area contributed by atoms with E-state index in [1.54, 1.807) is 12.4 Å². The molecular weight excluding hydrogens is 205 g/mol. The number of hydrogen-bond donors (Lipinski definition) is 0. The number of anilines is 1. The second-order valence-corrected chi connectivity index (χ2v) is 3.78. The highest BCUT2D eigenvalue weighted by molar-refractivity contribution is 6.31. The number of hydrogen-bond acceptors (Lipinski definition) is 3. The summed E-state index contributed by atoms with van der Waals surface area (Å²) in [5.74, 6) is 0.790. The molecular formula is C9H11ClFN3. The molecule has 2 rings (SSSR count). The molecule has 0 aliphatic carbocycles. The molecule has 0 aromatic carbocycles. The maximum absolute atomic E-state index is 12.4. The van der Waals surface area contributed by atoms with Crippen LogP contribution in [0.3, 0.4) is 0 Å². The van der Waals surface area contributed by atoms with E-state index in [1.165, 1.54) is 0 Å². The predicted octanol–water partition coefficient (Wildman–Crippen LogP) is 1.93. The topological polar surface area (TPSA) is 29.0 Å². The highest BCUT2D eigenvalue weighted by atomic mass is 35.5. The van der Waals surface area contributed by atoms with Gasteiger partial charge in [0.15, 0.2) is 11.0 Å². The van der Waals surface area contributed by atoms with Crippen LogP contribution in [0.5, 0.6) is 0 Å². The first-order valence-electron chi connectivity index (χ1n) is 4.58. The van der Waals surface area contributed by atoms with E-state index >= 15 is 0 Å². The zero-order valence-electron chi connectivity index (χ0n) is 7.66. The Morgan fingerprint density at radius 2 is 2.29 bits per heavy atom. The van der Waals surface area contributed by atoms with Crippen LogP contribution < -0.4 is 4.90 Å². The van der Waals surface area contributed by atoms with E-state index in [4.69, 9.17) is 11.6 Å². The van der Waals surface area contributed by atoms with Gasteiger partial charge in [-0.05, 0) is 6.42 Å². The minimum atomic E-state index is -0.269. The van der Waals surface area contributed by atoms with Crippen LogP contribution in [-0.4, -0.2) is 29.7 Å². The van der Waals surface area contributed by atoms with Crippen molar-refractivity contribution in [1.82, 2.24) is 9.97 Å². The first kappa shape index (κ1) is 9.65. The Balaban J connectivity index is 2.13. The summed E-state index contributed by atoms with van der Waals surface area (Å²) >= 11 is 5.89. The van der Waals surface area contributed by atoms with E-state index in [9.17, 15) is 4.39 Å². The van der Waals surface area contributed by atoms with Crippen LogP contribution in [0, 0.1) is 5.92 Å². The summed E-state index contributed by atoms with van der Waals surface area (Å²) in [7, 11) is 0. The lowest BCUT2D eigenvalue weighted by atomic mass is 10.1. The normalized spacial score (nSPS) is 21.6. The molecule has 0 radical (unpaired) electrons. The average Bonchev–Trinajstić information content (AvgIpc) is 2.67. The molecule has 1 aliphatic heterocycles. The molecule has 14 heavy (non-hydrogen) atoms. The van der Waals surface area contributed by atoms with E-state index in [-0.39, 0.29) is 12.6 Å². The van der Waals surface area contributed by atoms with Gasteiger partial charge in [0.2, 0.25) is 0 Å². The van der Waals surface area contributed by atoms with E-state index in [2.05, 4.69) is 9.97 Å². The quantitative estimate of drug-likeness (QED) is 0.755. The van der Waals surface area contributed by atoms with Crippen molar-refractivity contribution in [2.75, 3.05) is 24.7 Å². The van der Waals surface area contributed by atoms with Crippen molar-refractivity contribution in [3.05, 3.63) is 17.5 Å². The molecule has 3 nitrogen and oxygen atoms in total. The molecule has 76 valence electrons. The predicted molar refractivity (Wildman–Crippen MR) is 53.3 cm³/mol. The summed E-state index contributed by atoms with van der Waals surface area (Å²) in [6, 6.07) is 0. The molecule has 1 aromatic rings. The van der Waals surface area contributed by atoms with Crippen LogP contribution >= 0.6 is 11.6 Å². The highest BCUT2D eigenvalue weighted by Crippen LogP contribution is 2.26. The lowest BCUT2D eigenvalue weighted by Crippen LogP contribution is -2.21. The Morgan fingerprint density at radius 1 is 1.50 bits per heavy atom. The van der Waals surface area contributed by atoms with Gasteiger partial charge < -0.3 is 4.90 Å². The number of nitrogens with zero attached hydrogens (tertiary/aromatic N) is 3. The molecule has 0 saturated carbocycles. The fraction of sp³-hybridized carbons (Fsp3) is 0.556. The average molecular weight is 216 g/mol. The van der Waals surface area contributed by atoms with Crippen molar-refractivity contribution in [3.8, 4) is 0 Å². The fourth-order valence-corrected chi connectivity index (χ4v) is 1.90. The third kappa shape index (κ3) is 1.80. The molecule has 1 aromatic heterocycles. The van der Waals surface area contributed by atoms with Gasteiger partial charge in [-0.25, -0.2) is 9.97 Å². The number of aromatic nitrogens is 2. The van der Waals surface area contributed by atoms with Gasteiger partial charge in [-0.15, -0.1) is 0 Å². The van der Waals surface area contributed by atoms with E-state index in [1.807, 2.05) is 4.90 Å². The van der Waals surface area contributed by atoms with Gasteiger partial charge in [-0.2, -0.15) is 0 Å². The summed E-state index contributed by atoms with van der Waals surface area (Å²) < 4.78 is 12.4. The molecule has 1 fully saturated rings. The molecule has 2 heterocycles. The standard InChI is InChI=1S/C9H11ClFN3/c10-8-9(13-3-2-12-8)14-4-1-7(5-11)6-14/h2-3,7H,1,4-6H2/t7-/m0/s1. The second-order valence-electron chi connectivity index (χ2n) is 3.43. The zero-order valence-corrected chi connectivity index (χ0v) is 8.41. The van der Waals surface area contributed by atoms with Crippen LogP contribution in [0.1, 0.15) is 6.42 Å². The van der Waals surface area contributed by atoms with Crippen molar-refractivity contribution in [2.45, 2.75) is 6.42 Å². The van der Waals surface area contributed by atoms with Gasteiger partial charge >= 0.3 is 0 Å². The molecule has 1 aliphatic rings. The smallest absolute Gasteiger partial charge is 0.171 e. The summed E-state index contributed by atoms with van der Waals surface area (Å²) in [5.41, 5.74) is 0. The number of rotatable bonds is 2. The zero-order chi connectivity index (χ0) is 9.97. The van der Waals surface area contributed by atoms with Gasteiger partial charge in [0.1, 0.15) is 0 Å². The first-order valence-corrected chi connectivity index (χ1v) is 4.96. The maximum Gasteiger partial charge on any atom is 0.171 e. The molecule has 5 heteroatoms. The Bertz CT molecular complexity index is 321. The highest BCUT2D eigenvalue weighted by Gasteiger charge is 2.24. The molecule has 0 amide bonds. The Morgan fingerprint density at radius 3 is 2.93 bits per heavy atom. The Labute approximate surface area is 86.9 Å². The molecule has 1 saturated heterocycles. The molecule has 0 spiro atoms. The third-order valence-electron chi connectivity index (χ3n) is 2.44. The van der Waals surface area contributed by atoms with Crippen LogP contribution in [0.2, 0.25) is 5.15 Å². The second kappa shape index (κ2) is 4.09. The van der Waals surface area contributed by atoms with Gasteiger partial charge in [0.05, 0.1) is 6.67 Å². The van der Waals surface area contributed by atoms with Gasteiger partial charge in [-0.3, -0.25) is 4.39 Å². The molecule has 1 atom stereocenters. The van der Waals surface area contributed by atoms with Crippen molar-refractivity contribution >= 4 is 17.4 Å². The van der Waals surface area contributed by atoms with Gasteiger partial charge in [-0.1, -0.05) is 11.6 Å². The number of halogens is 2. The summed E-state index contributed by atoms with van der Waals surface area (Å²) in [6.45, 7) is 1.23. The van der Waals surface area contributed by atoms with E-state index < -0.39 is 0 Å². The molecule has 0 bridgehead atoms.